The molecule has 2 heterocycles. The molecule has 0 saturated carbocycles. The van der Waals surface area contributed by atoms with E-state index < -0.39 is 20.4 Å². The number of aryl methyl sites for hydroxylation is 8. The van der Waals surface area contributed by atoms with Crippen molar-refractivity contribution in [1.29, 1.82) is 0 Å². The molecule has 2 aliphatic carbocycles. The van der Waals surface area contributed by atoms with Gasteiger partial charge in [0.15, 0.2) is 0 Å². The molecule has 0 N–H and O–H groups in total. The standard InChI is InChI=1S/2C24H23O.C2H6Si.2ClH.Zr/c2*1-5-18-9-10-19-13-21(23-12-16(3)17(4)25-23)14-22(19)24(18)20-8-6-7-15(2)11-20;1-3-2;;;/h2*6-14H,5H2,1-4H3;1-2H3;2*1H;/q;;;;;+2/p-2. The number of benzene rings is 4. The number of furan rings is 2. The van der Waals surface area contributed by atoms with Gasteiger partial charge in [-0.05, 0) is 0 Å². The Bertz CT molecular complexity index is 2510. The van der Waals surface area contributed by atoms with Gasteiger partial charge in [-0.2, -0.15) is 0 Å². The molecule has 2 aliphatic rings. The summed E-state index contributed by atoms with van der Waals surface area (Å²) in [5.41, 5.74) is 18.1. The molecule has 0 bridgehead atoms. The molecule has 2 atom stereocenters. The summed E-state index contributed by atoms with van der Waals surface area (Å²) in [4.78, 5) is 0. The molecule has 0 saturated heterocycles. The van der Waals surface area contributed by atoms with E-state index in [1.807, 2.05) is 0 Å². The van der Waals surface area contributed by atoms with E-state index in [2.05, 4.69) is 166 Å². The van der Waals surface area contributed by atoms with Gasteiger partial charge in [-0.15, -0.1) is 0 Å². The summed E-state index contributed by atoms with van der Waals surface area (Å²) >= 11 is -5.41. The molecular formula is C50H52Cl2O2SiZr. The van der Waals surface area contributed by atoms with Crippen molar-refractivity contribution >= 4 is 45.8 Å². The Labute approximate surface area is 341 Å². The van der Waals surface area contributed by atoms with Crippen molar-refractivity contribution in [3.8, 4) is 22.3 Å². The van der Waals surface area contributed by atoms with Gasteiger partial charge in [-0.25, -0.2) is 0 Å². The van der Waals surface area contributed by atoms with E-state index >= 15 is 0 Å². The first-order chi connectivity index (χ1) is 26.6. The van der Waals surface area contributed by atoms with Gasteiger partial charge in [0.2, 0.25) is 0 Å². The van der Waals surface area contributed by atoms with Crippen LogP contribution in [-0.4, -0.2) is 5.43 Å². The minimum atomic E-state index is -5.41. The molecule has 0 spiro atoms. The second kappa shape index (κ2) is 14.5. The minimum absolute atomic E-state index is 0.220. The van der Waals surface area contributed by atoms with Gasteiger partial charge in [0.05, 0.1) is 0 Å². The first-order valence-corrected chi connectivity index (χ1v) is 35.4. The van der Waals surface area contributed by atoms with Crippen LogP contribution in [-0.2, 0) is 27.9 Å². The molecule has 2 aromatic heterocycles. The van der Waals surface area contributed by atoms with Gasteiger partial charge >= 0.3 is 344 Å². The first-order valence-electron chi connectivity index (χ1n) is 20.1. The third-order valence-electron chi connectivity index (χ3n) is 12.9. The summed E-state index contributed by atoms with van der Waals surface area (Å²) in [5, 5.41) is 0. The van der Waals surface area contributed by atoms with E-state index in [4.69, 9.17) is 25.9 Å². The zero-order chi connectivity index (χ0) is 39.9. The van der Waals surface area contributed by atoms with Crippen LogP contribution in [0.4, 0.5) is 0 Å². The number of fused-ring (bicyclic) bond motifs is 2. The monoisotopic (exact) mass is 872 g/mol. The van der Waals surface area contributed by atoms with Crippen LogP contribution in [0.1, 0.15) is 99.8 Å². The van der Waals surface area contributed by atoms with Gasteiger partial charge in [0.1, 0.15) is 0 Å². The zero-order valence-corrected chi connectivity index (χ0v) is 39.3. The average Bonchev–Trinajstić information content (AvgIpc) is 3.93. The summed E-state index contributed by atoms with van der Waals surface area (Å²) in [6, 6.07) is 31.6. The van der Waals surface area contributed by atoms with E-state index in [9.17, 15) is 0 Å². The van der Waals surface area contributed by atoms with Crippen molar-refractivity contribution < 1.29 is 23.8 Å². The van der Waals surface area contributed by atoms with Crippen LogP contribution in [0.15, 0.2) is 93.8 Å². The van der Waals surface area contributed by atoms with Crippen LogP contribution in [0, 0.1) is 41.5 Å². The Morgan fingerprint density at radius 3 is 1.30 bits per heavy atom. The third kappa shape index (κ3) is 6.12. The maximum atomic E-state index is 9.03. The summed E-state index contributed by atoms with van der Waals surface area (Å²) in [5.74, 6) is 3.58. The normalized spacial score (nSPS) is 16.5. The van der Waals surface area contributed by atoms with Crippen molar-refractivity contribution in [2.75, 3.05) is 0 Å². The number of rotatable bonds is 8. The fourth-order valence-corrected chi connectivity index (χ4v) is 37.3. The number of allylic oxidation sites excluding steroid dienone is 2. The van der Waals surface area contributed by atoms with Crippen LogP contribution in [0.5, 0.6) is 0 Å². The summed E-state index contributed by atoms with van der Waals surface area (Å²) in [6.45, 7) is 22.0. The fraction of sp³-hybridized carbons (Fsp3) is 0.280. The molecule has 6 heteroatoms. The van der Waals surface area contributed by atoms with Crippen LogP contribution < -0.4 is 0 Å². The number of hydrogen-bond donors (Lipinski definition) is 0. The Morgan fingerprint density at radius 1 is 0.571 bits per heavy atom. The summed E-state index contributed by atoms with van der Waals surface area (Å²) in [6.07, 6.45) is 6.63. The van der Waals surface area contributed by atoms with E-state index in [1.165, 1.54) is 66.8 Å². The van der Waals surface area contributed by atoms with Gasteiger partial charge in [0.25, 0.3) is 0 Å². The summed E-state index contributed by atoms with van der Waals surface area (Å²) in [7, 11) is 18.1. The van der Waals surface area contributed by atoms with Crippen molar-refractivity contribution in [2.45, 2.75) is 88.6 Å². The Balaban J connectivity index is 1.49. The predicted octanol–water partition coefficient (Wildman–Crippen LogP) is 15.3. The third-order valence-corrected chi connectivity index (χ3v) is 59.1. The molecular weight excluding hydrogens is 823 g/mol. The number of hydrogen-bond acceptors (Lipinski definition) is 2. The van der Waals surface area contributed by atoms with Gasteiger partial charge in [0, 0.05) is 0 Å². The Kier molecular flexibility index (Phi) is 10.2. The molecule has 0 fully saturated rings. The van der Waals surface area contributed by atoms with Gasteiger partial charge in [-0.1, -0.05) is 0 Å². The molecule has 0 radical (unpaired) electrons. The van der Waals surface area contributed by atoms with Crippen molar-refractivity contribution in [1.82, 2.24) is 0 Å². The SMILES string of the molecule is CCc1ccc2c(c1-c1cccc(C)c1)C=C(c1cc(C)c(C)o1)[CH]2[Zr]([Cl])([Cl])([CH]1C(c2cc(C)c(C)o2)=Cc2c1ccc(CC)c2-c1cccc(C)c1)=[Si](C)C. The molecule has 4 aromatic carbocycles. The van der Waals surface area contributed by atoms with E-state index in [0.29, 0.717) is 0 Å². The Hall–Kier alpha value is -3.40. The van der Waals surface area contributed by atoms with Crippen molar-refractivity contribution in [3.63, 3.8) is 0 Å². The van der Waals surface area contributed by atoms with Crippen molar-refractivity contribution in [3.05, 3.63) is 164 Å². The van der Waals surface area contributed by atoms with E-state index in [1.54, 1.807) is 0 Å². The van der Waals surface area contributed by atoms with Gasteiger partial charge in [-0.3, -0.25) is 0 Å². The molecule has 0 amide bonds. The first kappa shape index (κ1) is 39.4. The molecule has 6 aromatic rings. The molecule has 8 rings (SSSR count). The van der Waals surface area contributed by atoms with Crippen LogP contribution >= 0.6 is 17.0 Å². The summed E-state index contributed by atoms with van der Waals surface area (Å²) < 4.78 is 13.0. The van der Waals surface area contributed by atoms with E-state index in [0.717, 1.165) is 58.2 Å². The fourth-order valence-electron chi connectivity index (χ4n) is 9.60. The number of halogens is 2. The van der Waals surface area contributed by atoms with Gasteiger partial charge < -0.3 is 0 Å². The van der Waals surface area contributed by atoms with Crippen LogP contribution in [0.3, 0.4) is 0 Å². The molecule has 286 valence electrons. The topological polar surface area (TPSA) is 26.3 Å². The van der Waals surface area contributed by atoms with Crippen LogP contribution in [0.2, 0.25) is 13.1 Å². The zero-order valence-electron chi connectivity index (χ0n) is 34.4. The van der Waals surface area contributed by atoms with Crippen molar-refractivity contribution in [2.24, 2.45) is 0 Å². The predicted molar refractivity (Wildman–Crippen MR) is 239 cm³/mol. The molecule has 56 heavy (non-hydrogen) atoms. The Morgan fingerprint density at radius 2 is 0.982 bits per heavy atom. The second-order valence-electron chi connectivity index (χ2n) is 16.6. The molecule has 2 nitrogen and oxygen atoms in total. The average molecular weight is 875 g/mol. The second-order valence-corrected chi connectivity index (χ2v) is 55.3. The molecule has 0 aliphatic heterocycles. The maximum absolute atomic E-state index is 9.03. The molecule has 2 unspecified atom stereocenters. The van der Waals surface area contributed by atoms with E-state index in [-0.39, 0.29) is 7.25 Å². The van der Waals surface area contributed by atoms with Crippen LogP contribution in [0.25, 0.3) is 45.6 Å². The quantitative estimate of drug-likeness (QED) is 0.142.